The molecule has 0 saturated heterocycles. The highest BCUT2D eigenvalue weighted by Crippen LogP contribution is 2.36. The summed E-state index contributed by atoms with van der Waals surface area (Å²) in [7, 11) is 0. The molecule has 1 aliphatic carbocycles. The minimum atomic E-state index is -4.36. The molecular weight excluding hydrogens is 473 g/mol. The third-order valence-corrected chi connectivity index (χ3v) is 7.36. The molecule has 0 unspecified atom stereocenters. The van der Waals surface area contributed by atoms with Gasteiger partial charge in [0.1, 0.15) is 5.82 Å². The Bertz CT molecular complexity index is 1240. The first-order valence-electron chi connectivity index (χ1n) is 11.3. The van der Waals surface area contributed by atoms with Gasteiger partial charge in [-0.2, -0.15) is 13.2 Å². The molecule has 180 valence electrons. The van der Waals surface area contributed by atoms with Gasteiger partial charge in [-0.05, 0) is 73.2 Å². The predicted octanol–water partition coefficient (Wildman–Crippen LogP) is 6.26. The SMILES string of the molecule is FC(F)(F)c1ccc(NC2CCC(Sc3ccc(-c4ccnc(-n5ccnn5)c4)cc3)CC2)nc1. The lowest BCUT2D eigenvalue weighted by Crippen LogP contribution is -2.27. The van der Waals surface area contributed by atoms with E-state index >= 15 is 0 Å². The molecule has 3 aromatic heterocycles. The Kier molecular flexibility index (Phi) is 6.72. The summed E-state index contributed by atoms with van der Waals surface area (Å²) in [5, 5.41) is 11.6. The average Bonchev–Trinajstić information content (AvgIpc) is 3.41. The smallest absolute Gasteiger partial charge is 0.367 e. The molecule has 0 aliphatic heterocycles. The number of nitrogens with one attached hydrogen (secondary N) is 1. The van der Waals surface area contributed by atoms with Crippen molar-refractivity contribution in [3.63, 3.8) is 0 Å². The van der Waals surface area contributed by atoms with Crippen LogP contribution >= 0.6 is 11.8 Å². The van der Waals surface area contributed by atoms with E-state index in [0.29, 0.717) is 11.1 Å². The number of benzene rings is 1. The third-order valence-electron chi connectivity index (χ3n) is 6.01. The van der Waals surface area contributed by atoms with E-state index in [1.54, 1.807) is 23.3 Å². The molecule has 0 bridgehead atoms. The Hall–Kier alpha value is -3.40. The van der Waals surface area contributed by atoms with E-state index in [-0.39, 0.29) is 6.04 Å². The summed E-state index contributed by atoms with van der Waals surface area (Å²) in [6.45, 7) is 0. The normalized spacial score (nSPS) is 18.4. The Labute approximate surface area is 205 Å². The molecule has 3 heterocycles. The summed E-state index contributed by atoms with van der Waals surface area (Å²) in [5.41, 5.74) is 1.44. The van der Waals surface area contributed by atoms with Crippen molar-refractivity contribution in [3.8, 4) is 16.9 Å². The van der Waals surface area contributed by atoms with E-state index < -0.39 is 11.7 Å². The van der Waals surface area contributed by atoms with E-state index in [2.05, 4.69) is 49.9 Å². The molecule has 1 aliphatic rings. The van der Waals surface area contributed by atoms with Gasteiger partial charge < -0.3 is 5.32 Å². The van der Waals surface area contributed by atoms with Gasteiger partial charge in [0, 0.05) is 28.6 Å². The molecule has 10 heteroatoms. The predicted molar refractivity (Wildman–Crippen MR) is 129 cm³/mol. The summed E-state index contributed by atoms with van der Waals surface area (Å²) in [6.07, 6.45) is 5.66. The summed E-state index contributed by atoms with van der Waals surface area (Å²) >= 11 is 1.88. The topological polar surface area (TPSA) is 68.5 Å². The monoisotopic (exact) mass is 496 g/mol. The van der Waals surface area contributed by atoms with E-state index in [4.69, 9.17) is 0 Å². The van der Waals surface area contributed by atoms with Gasteiger partial charge in [0.25, 0.3) is 0 Å². The standard InChI is InChI=1S/C25H23F3N6S/c26-25(27,28)19-3-10-23(30-16-19)32-20-4-8-22(9-5-20)35-21-6-1-17(2-7-21)18-11-12-29-24(15-18)34-14-13-31-33-34/h1-3,6-7,10-16,20,22H,4-5,8-9H2,(H,30,32). The lowest BCUT2D eigenvalue weighted by Gasteiger charge is -2.29. The molecule has 5 rings (SSSR count). The second-order valence-corrected chi connectivity index (χ2v) is 9.81. The number of rotatable bonds is 6. The molecule has 4 aromatic rings. The van der Waals surface area contributed by atoms with Gasteiger partial charge in [0.2, 0.25) is 0 Å². The summed E-state index contributed by atoms with van der Waals surface area (Å²) in [5.74, 6) is 1.21. The van der Waals surface area contributed by atoms with Crippen LogP contribution in [0.4, 0.5) is 19.0 Å². The van der Waals surface area contributed by atoms with Gasteiger partial charge in [0.05, 0.1) is 18.0 Å². The maximum Gasteiger partial charge on any atom is 0.417 e. The number of alkyl halides is 3. The van der Waals surface area contributed by atoms with Crippen LogP contribution in [-0.4, -0.2) is 36.3 Å². The minimum Gasteiger partial charge on any atom is -0.367 e. The Morgan fingerprint density at radius 2 is 1.69 bits per heavy atom. The maximum atomic E-state index is 12.7. The number of hydrogen-bond acceptors (Lipinski definition) is 6. The fourth-order valence-corrected chi connectivity index (χ4v) is 5.34. The van der Waals surface area contributed by atoms with Gasteiger partial charge in [0.15, 0.2) is 5.82 Å². The van der Waals surface area contributed by atoms with Crippen molar-refractivity contribution in [2.24, 2.45) is 0 Å². The summed E-state index contributed by atoms with van der Waals surface area (Å²) in [6, 6.07) is 15.2. The maximum absolute atomic E-state index is 12.7. The molecule has 1 aromatic carbocycles. The van der Waals surface area contributed by atoms with Crippen LogP contribution in [0.2, 0.25) is 0 Å². The fraction of sp³-hybridized carbons (Fsp3) is 0.280. The van der Waals surface area contributed by atoms with Crippen molar-refractivity contribution in [2.45, 2.75) is 48.0 Å². The van der Waals surface area contributed by atoms with E-state index in [1.165, 1.54) is 11.0 Å². The Morgan fingerprint density at radius 1 is 0.886 bits per heavy atom. The van der Waals surface area contributed by atoms with Crippen LogP contribution in [0, 0.1) is 0 Å². The zero-order valence-corrected chi connectivity index (χ0v) is 19.5. The van der Waals surface area contributed by atoms with Crippen LogP contribution < -0.4 is 5.32 Å². The molecule has 6 nitrogen and oxygen atoms in total. The van der Waals surface area contributed by atoms with Crippen LogP contribution in [0.5, 0.6) is 0 Å². The van der Waals surface area contributed by atoms with Crippen molar-refractivity contribution in [3.05, 3.63) is 78.9 Å². The van der Waals surface area contributed by atoms with Crippen molar-refractivity contribution < 1.29 is 13.2 Å². The fourth-order valence-electron chi connectivity index (χ4n) is 4.15. The van der Waals surface area contributed by atoms with Crippen molar-refractivity contribution in [2.75, 3.05) is 5.32 Å². The van der Waals surface area contributed by atoms with Crippen molar-refractivity contribution >= 4 is 17.6 Å². The van der Waals surface area contributed by atoms with Gasteiger partial charge in [-0.25, -0.2) is 14.6 Å². The van der Waals surface area contributed by atoms with Gasteiger partial charge in [-0.3, -0.25) is 0 Å². The van der Waals surface area contributed by atoms with Gasteiger partial charge in [-0.1, -0.05) is 17.3 Å². The lowest BCUT2D eigenvalue weighted by molar-refractivity contribution is -0.137. The summed E-state index contributed by atoms with van der Waals surface area (Å²) in [4.78, 5) is 9.50. The molecule has 0 radical (unpaired) electrons. The third kappa shape index (κ3) is 5.82. The second kappa shape index (κ2) is 10.1. The van der Waals surface area contributed by atoms with Gasteiger partial charge >= 0.3 is 6.18 Å². The molecule has 0 amide bonds. The van der Waals surface area contributed by atoms with E-state index in [1.807, 2.05) is 23.9 Å². The number of thioether (sulfide) groups is 1. The number of aromatic nitrogens is 5. The van der Waals surface area contributed by atoms with Crippen molar-refractivity contribution in [1.82, 2.24) is 25.0 Å². The van der Waals surface area contributed by atoms with Crippen LogP contribution in [0.25, 0.3) is 16.9 Å². The highest BCUT2D eigenvalue weighted by Gasteiger charge is 2.31. The summed E-state index contributed by atoms with van der Waals surface area (Å²) < 4.78 is 39.8. The van der Waals surface area contributed by atoms with E-state index in [9.17, 15) is 13.2 Å². The average molecular weight is 497 g/mol. The number of hydrogen-bond donors (Lipinski definition) is 1. The molecular formula is C25H23F3N6S. The molecule has 1 N–H and O–H groups in total. The number of halogens is 3. The zero-order valence-electron chi connectivity index (χ0n) is 18.7. The molecule has 0 atom stereocenters. The Morgan fingerprint density at radius 3 is 2.34 bits per heavy atom. The highest BCUT2D eigenvalue weighted by molar-refractivity contribution is 8.00. The zero-order chi connectivity index (χ0) is 24.3. The number of anilines is 1. The van der Waals surface area contributed by atoms with Crippen LogP contribution in [-0.2, 0) is 6.18 Å². The lowest BCUT2D eigenvalue weighted by atomic mass is 9.95. The Balaban J connectivity index is 1.14. The van der Waals surface area contributed by atoms with Gasteiger partial charge in [-0.15, -0.1) is 16.9 Å². The minimum absolute atomic E-state index is 0.226. The number of pyridine rings is 2. The highest BCUT2D eigenvalue weighted by atomic mass is 32.2. The second-order valence-electron chi connectivity index (χ2n) is 8.44. The first-order chi connectivity index (χ1) is 16.9. The van der Waals surface area contributed by atoms with Crippen molar-refractivity contribution in [1.29, 1.82) is 0 Å². The van der Waals surface area contributed by atoms with E-state index in [0.717, 1.165) is 54.9 Å². The first kappa shape index (κ1) is 23.3. The van der Waals surface area contributed by atoms with Crippen LogP contribution in [0.15, 0.2) is 78.2 Å². The van der Waals surface area contributed by atoms with Crippen LogP contribution in [0.1, 0.15) is 31.2 Å². The molecule has 0 spiro atoms. The molecule has 1 saturated carbocycles. The molecule has 1 fully saturated rings. The largest absolute Gasteiger partial charge is 0.417 e. The molecule has 35 heavy (non-hydrogen) atoms. The quantitative estimate of drug-likeness (QED) is 0.340. The first-order valence-corrected chi connectivity index (χ1v) is 12.2. The number of nitrogens with zero attached hydrogens (tertiary/aromatic N) is 5. The van der Waals surface area contributed by atoms with Crippen LogP contribution in [0.3, 0.4) is 0 Å².